The van der Waals surface area contributed by atoms with Crippen molar-refractivity contribution in [1.29, 1.82) is 0 Å². The van der Waals surface area contributed by atoms with E-state index in [9.17, 15) is 4.79 Å². The van der Waals surface area contributed by atoms with Crippen molar-refractivity contribution in [3.05, 3.63) is 48.0 Å². The average Bonchev–Trinajstić information content (AvgIpc) is 2.50. The van der Waals surface area contributed by atoms with Gasteiger partial charge in [0.15, 0.2) is 0 Å². The topological polar surface area (TPSA) is 81.1 Å². The van der Waals surface area contributed by atoms with Crippen molar-refractivity contribution in [3.8, 4) is 0 Å². The third-order valence-electron chi connectivity index (χ3n) is 3.77. The highest BCUT2D eigenvalue weighted by molar-refractivity contribution is 5.83. The third kappa shape index (κ3) is 4.03. The summed E-state index contributed by atoms with van der Waals surface area (Å²) < 4.78 is 0. The van der Waals surface area contributed by atoms with E-state index in [1.165, 1.54) is 10.8 Å². The van der Waals surface area contributed by atoms with Crippen LogP contribution < -0.4 is 16.8 Å². The van der Waals surface area contributed by atoms with E-state index in [0.717, 1.165) is 12.0 Å². The van der Waals surface area contributed by atoms with Crippen molar-refractivity contribution in [3.63, 3.8) is 0 Å². The van der Waals surface area contributed by atoms with Crippen molar-refractivity contribution in [2.75, 3.05) is 6.54 Å². The van der Waals surface area contributed by atoms with E-state index in [1.54, 1.807) is 0 Å². The predicted octanol–water partition coefficient (Wildman–Crippen LogP) is 2.08. The summed E-state index contributed by atoms with van der Waals surface area (Å²) in [6, 6.07) is 14.3. The van der Waals surface area contributed by atoms with E-state index in [1.807, 2.05) is 19.1 Å². The second kappa shape index (κ2) is 7.20. The molecule has 0 heterocycles. The summed E-state index contributed by atoms with van der Waals surface area (Å²) in [6.45, 7) is 2.61. The molecule has 0 spiro atoms. The molecular weight excluding hydrogens is 262 g/mol. The van der Waals surface area contributed by atoms with Crippen LogP contribution in [0.25, 0.3) is 10.8 Å². The minimum atomic E-state index is -0.338. The van der Waals surface area contributed by atoms with Gasteiger partial charge in [0.2, 0.25) is 5.91 Å². The average molecular weight is 285 g/mol. The molecule has 0 aliphatic heterocycles. The van der Waals surface area contributed by atoms with Gasteiger partial charge in [-0.05, 0) is 48.7 Å². The van der Waals surface area contributed by atoms with Gasteiger partial charge in [-0.15, -0.1) is 0 Å². The van der Waals surface area contributed by atoms with Crippen molar-refractivity contribution in [1.82, 2.24) is 5.32 Å². The van der Waals surface area contributed by atoms with Gasteiger partial charge in [-0.2, -0.15) is 0 Å². The van der Waals surface area contributed by atoms with Crippen LogP contribution in [0.1, 0.15) is 31.4 Å². The number of benzene rings is 2. The van der Waals surface area contributed by atoms with E-state index in [-0.39, 0.29) is 18.0 Å². The molecule has 112 valence electrons. The predicted molar refractivity (Wildman–Crippen MR) is 86.8 cm³/mol. The molecule has 2 rings (SSSR count). The van der Waals surface area contributed by atoms with Gasteiger partial charge in [0.1, 0.15) is 0 Å². The van der Waals surface area contributed by atoms with Crippen LogP contribution in [0.4, 0.5) is 0 Å². The van der Waals surface area contributed by atoms with Gasteiger partial charge in [-0.25, -0.2) is 0 Å². The molecule has 1 amide bonds. The van der Waals surface area contributed by atoms with Crippen LogP contribution in [0.2, 0.25) is 0 Å². The Kier molecular flexibility index (Phi) is 5.31. The Morgan fingerprint density at radius 1 is 1.19 bits per heavy atom. The van der Waals surface area contributed by atoms with Crippen molar-refractivity contribution >= 4 is 16.7 Å². The molecule has 4 nitrogen and oxygen atoms in total. The minimum Gasteiger partial charge on any atom is -0.368 e. The highest BCUT2D eigenvalue weighted by Gasteiger charge is 2.18. The Hall–Kier alpha value is -1.91. The number of carbonyl (C=O) groups is 1. The van der Waals surface area contributed by atoms with Crippen LogP contribution in [0, 0.1) is 0 Å². The van der Waals surface area contributed by atoms with Crippen LogP contribution in [0.5, 0.6) is 0 Å². The molecule has 0 aliphatic rings. The number of primary amides is 1. The minimum absolute atomic E-state index is 0.0601. The van der Waals surface area contributed by atoms with Crippen molar-refractivity contribution in [2.45, 2.75) is 31.8 Å². The summed E-state index contributed by atoms with van der Waals surface area (Å²) >= 11 is 0. The number of carbonyl (C=O) groups excluding carboxylic acids is 1. The van der Waals surface area contributed by atoms with Crippen molar-refractivity contribution < 1.29 is 4.79 Å². The summed E-state index contributed by atoms with van der Waals surface area (Å²) in [5.74, 6) is -0.323. The van der Waals surface area contributed by atoms with E-state index in [0.29, 0.717) is 13.0 Å². The molecule has 0 aromatic heterocycles. The lowest BCUT2D eigenvalue weighted by molar-refractivity contribution is -0.120. The molecule has 2 atom stereocenters. The number of nitrogens with two attached hydrogens (primary N) is 2. The SMILES string of the molecule is CC(NC(CCCN)C(N)=O)c1ccc2ccccc2c1. The zero-order chi connectivity index (χ0) is 15.2. The number of fused-ring (bicyclic) bond motifs is 1. The van der Waals surface area contributed by atoms with E-state index >= 15 is 0 Å². The van der Waals surface area contributed by atoms with Gasteiger partial charge in [0, 0.05) is 6.04 Å². The van der Waals surface area contributed by atoms with E-state index < -0.39 is 0 Å². The van der Waals surface area contributed by atoms with Crippen LogP contribution in [-0.4, -0.2) is 18.5 Å². The summed E-state index contributed by atoms with van der Waals surface area (Å²) in [4.78, 5) is 11.5. The number of hydrogen-bond acceptors (Lipinski definition) is 3. The van der Waals surface area contributed by atoms with Gasteiger partial charge in [-0.1, -0.05) is 36.4 Å². The maximum atomic E-state index is 11.5. The summed E-state index contributed by atoms with van der Waals surface area (Å²) in [6.07, 6.45) is 1.45. The molecule has 2 aromatic rings. The molecule has 0 radical (unpaired) electrons. The summed E-state index contributed by atoms with van der Waals surface area (Å²) in [7, 11) is 0. The molecule has 0 saturated carbocycles. The standard InChI is InChI=1S/C17H23N3O/c1-12(20-16(17(19)21)7-4-10-18)14-9-8-13-5-2-3-6-15(13)11-14/h2-3,5-6,8-9,11-12,16,20H,4,7,10,18H2,1H3,(H2,19,21). The smallest absolute Gasteiger partial charge is 0.234 e. The molecule has 0 saturated heterocycles. The molecular formula is C17H23N3O. The molecule has 2 aromatic carbocycles. The van der Waals surface area contributed by atoms with Gasteiger partial charge in [0.05, 0.1) is 6.04 Å². The fourth-order valence-corrected chi connectivity index (χ4v) is 2.50. The number of nitrogens with one attached hydrogen (secondary N) is 1. The fraction of sp³-hybridized carbons (Fsp3) is 0.353. The second-order valence-corrected chi connectivity index (χ2v) is 5.38. The van der Waals surface area contributed by atoms with Gasteiger partial charge in [-0.3, -0.25) is 10.1 Å². The lowest BCUT2D eigenvalue weighted by Gasteiger charge is -2.21. The molecule has 0 aliphatic carbocycles. The number of amides is 1. The Labute approximate surface area is 125 Å². The maximum Gasteiger partial charge on any atom is 0.234 e. The Morgan fingerprint density at radius 2 is 1.90 bits per heavy atom. The summed E-state index contributed by atoms with van der Waals surface area (Å²) in [5.41, 5.74) is 12.1. The van der Waals surface area contributed by atoms with Gasteiger partial charge in [0.25, 0.3) is 0 Å². The van der Waals surface area contributed by atoms with E-state index in [4.69, 9.17) is 11.5 Å². The van der Waals surface area contributed by atoms with Crippen LogP contribution in [0.3, 0.4) is 0 Å². The zero-order valence-electron chi connectivity index (χ0n) is 12.4. The van der Waals surface area contributed by atoms with E-state index in [2.05, 4.69) is 35.6 Å². The molecule has 5 N–H and O–H groups in total. The number of hydrogen-bond donors (Lipinski definition) is 3. The van der Waals surface area contributed by atoms with Crippen LogP contribution in [-0.2, 0) is 4.79 Å². The van der Waals surface area contributed by atoms with Crippen LogP contribution >= 0.6 is 0 Å². The first kappa shape index (κ1) is 15.5. The molecule has 2 unspecified atom stereocenters. The Morgan fingerprint density at radius 3 is 2.57 bits per heavy atom. The first-order valence-corrected chi connectivity index (χ1v) is 7.36. The third-order valence-corrected chi connectivity index (χ3v) is 3.77. The first-order chi connectivity index (χ1) is 10.1. The van der Waals surface area contributed by atoms with Gasteiger partial charge < -0.3 is 11.5 Å². The first-order valence-electron chi connectivity index (χ1n) is 7.36. The Bertz CT molecular complexity index is 612. The quantitative estimate of drug-likeness (QED) is 0.728. The molecule has 21 heavy (non-hydrogen) atoms. The highest BCUT2D eigenvalue weighted by Crippen LogP contribution is 2.20. The van der Waals surface area contributed by atoms with Gasteiger partial charge >= 0.3 is 0 Å². The monoisotopic (exact) mass is 285 g/mol. The van der Waals surface area contributed by atoms with Crippen LogP contribution in [0.15, 0.2) is 42.5 Å². The molecule has 0 fully saturated rings. The number of rotatable bonds is 7. The lowest BCUT2D eigenvalue weighted by atomic mass is 10.0. The van der Waals surface area contributed by atoms with Crippen molar-refractivity contribution in [2.24, 2.45) is 11.5 Å². The Balaban J connectivity index is 2.12. The summed E-state index contributed by atoms with van der Waals surface area (Å²) in [5, 5.41) is 5.71. The zero-order valence-corrected chi connectivity index (χ0v) is 12.4. The maximum absolute atomic E-state index is 11.5. The second-order valence-electron chi connectivity index (χ2n) is 5.38. The molecule has 0 bridgehead atoms. The largest absolute Gasteiger partial charge is 0.368 e. The normalized spacial score (nSPS) is 14.0. The lowest BCUT2D eigenvalue weighted by Crippen LogP contribution is -2.42. The fourth-order valence-electron chi connectivity index (χ4n) is 2.50. The highest BCUT2D eigenvalue weighted by atomic mass is 16.1. The molecule has 4 heteroatoms.